The highest BCUT2D eigenvalue weighted by molar-refractivity contribution is 7.17. The second kappa shape index (κ2) is 7.17. The van der Waals surface area contributed by atoms with Gasteiger partial charge in [0.2, 0.25) is 0 Å². The van der Waals surface area contributed by atoms with Crippen molar-refractivity contribution in [2.75, 3.05) is 7.11 Å². The van der Waals surface area contributed by atoms with Crippen molar-refractivity contribution in [2.24, 2.45) is 0 Å². The number of Topliss-reactive ketones (excluding diaryl/α,β-unsaturated/α-hetero) is 1. The molecule has 4 rings (SSSR count). The van der Waals surface area contributed by atoms with Crippen LogP contribution >= 0.6 is 11.3 Å². The summed E-state index contributed by atoms with van der Waals surface area (Å²) >= 11 is 1.42. The van der Waals surface area contributed by atoms with Crippen molar-refractivity contribution in [3.8, 4) is 16.9 Å². The molecule has 0 radical (unpaired) electrons. The Labute approximate surface area is 159 Å². The fourth-order valence-electron chi connectivity index (χ4n) is 2.93. The van der Waals surface area contributed by atoms with Crippen molar-refractivity contribution in [3.63, 3.8) is 0 Å². The van der Waals surface area contributed by atoms with E-state index < -0.39 is 0 Å². The minimum Gasteiger partial charge on any atom is -0.497 e. The van der Waals surface area contributed by atoms with Crippen LogP contribution in [0.1, 0.15) is 10.4 Å². The summed E-state index contributed by atoms with van der Waals surface area (Å²) < 4.78 is 6.56. The van der Waals surface area contributed by atoms with Gasteiger partial charge in [0.25, 0.3) is 5.56 Å². The average molecular weight is 376 g/mol. The first kappa shape index (κ1) is 17.2. The third-order valence-corrected chi connectivity index (χ3v) is 5.26. The Morgan fingerprint density at radius 1 is 1.11 bits per heavy atom. The molecule has 0 fully saturated rings. The number of fused-ring (bicyclic) bond motifs is 1. The van der Waals surface area contributed by atoms with Gasteiger partial charge in [-0.25, -0.2) is 4.98 Å². The summed E-state index contributed by atoms with van der Waals surface area (Å²) in [5.74, 6) is 0.627. The van der Waals surface area contributed by atoms with Crippen molar-refractivity contribution >= 4 is 27.3 Å². The summed E-state index contributed by atoms with van der Waals surface area (Å²) in [5.41, 5.74) is 2.09. The number of hydrogen-bond acceptors (Lipinski definition) is 5. The summed E-state index contributed by atoms with van der Waals surface area (Å²) in [6.45, 7) is -0.0380. The van der Waals surface area contributed by atoms with E-state index in [4.69, 9.17) is 4.74 Å². The number of methoxy groups -OCH3 is 1. The molecule has 0 spiro atoms. The second-order valence-electron chi connectivity index (χ2n) is 6.02. The van der Waals surface area contributed by atoms with Gasteiger partial charge in [-0.1, -0.05) is 42.5 Å². The summed E-state index contributed by atoms with van der Waals surface area (Å²) in [6.07, 6.45) is 1.44. The van der Waals surface area contributed by atoms with E-state index in [9.17, 15) is 9.59 Å². The first-order valence-electron chi connectivity index (χ1n) is 8.36. The highest BCUT2D eigenvalue weighted by Gasteiger charge is 2.15. The van der Waals surface area contributed by atoms with Crippen molar-refractivity contribution in [1.82, 2.24) is 9.55 Å². The van der Waals surface area contributed by atoms with Gasteiger partial charge < -0.3 is 4.74 Å². The second-order valence-corrected chi connectivity index (χ2v) is 6.88. The summed E-state index contributed by atoms with van der Waals surface area (Å²) in [5, 5.41) is 2.46. The molecule has 134 valence electrons. The first-order chi connectivity index (χ1) is 13.2. The number of nitrogens with zero attached hydrogens (tertiary/aromatic N) is 2. The van der Waals surface area contributed by atoms with Gasteiger partial charge in [-0.15, -0.1) is 11.3 Å². The molecule has 0 N–H and O–H groups in total. The fourth-order valence-corrected chi connectivity index (χ4v) is 3.84. The maximum absolute atomic E-state index is 13.0. The standard InChI is InChI=1S/C21H16N2O3S/c1-26-16-9-7-14(8-10-16)17-12-27-20-19(17)21(25)23(13-22-20)11-18(24)15-5-3-2-4-6-15/h2-10,12-13H,11H2,1H3. The summed E-state index contributed by atoms with van der Waals surface area (Å²) in [6, 6.07) is 16.5. The Bertz CT molecular complexity index is 1160. The zero-order chi connectivity index (χ0) is 18.8. The fraction of sp³-hybridized carbons (Fsp3) is 0.0952. The lowest BCUT2D eigenvalue weighted by Gasteiger charge is -2.06. The molecule has 4 aromatic rings. The quantitative estimate of drug-likeness (QED) is 0.494. The highest BCUT2D eigenvalue weighted by Crippen LogP contribution is 2.31. The normalized spacial score (nSPS) is 10.9. The molecule has 0 aliphatic heterocycles. The lowest BCUT2D eigenvalue weighted by atomic mass is 10.1. The van der Waals surface area contributed by atoms with E-state index in [2.05, 4.69) is 4.98 Å². The number of hydrogen-bond donors (Lipinski definition) is 0. The number of carbonyl (C=O) groups excluding carboxylic acids is 1. The maximum atomic E-state index is 13.0. The Morgan fingerprint density at radius 2 is 1.85 bits per heavy atom. The summed E-state index contributed by atoms with van der Waals surface area (Å²) in [7, 11) is 1.61. The third-order valence-electron chi connectivity index (χ3n) is 4.37. The molecule has 0 bridgehead atoms. The molecule has 0 aliphatic carbocycles. The Morgan fingerprint density at radius 3 is 2.56 bits per heavy atom. The van der Waals surface area contributed by atoms with Crippen molar-refractivity contribution in [2.45, 2.75) is 6.54 Å². The van der Waals surface area contributed by atoms with Crippen molar-refractivity contribution < 1.29 is 9.53 Å². The smallest absolute Gasteiger partial charge is 0.263 e. The molecule has 6 heteroatoms. The van der Waals surface area contributed by atoms with E-state index >= 15 is 0 Å². The van der Waals surface area contributed by atoms with Crippen LogP contribution in [-0.2, 0) is 6.54 Å². The molecule has 0 unspecified atom stereocenters. The van der Waals surface area contributed by atoms with Crippen LogP contribution in [0.4, 0.5) is 0 Å². The number of rotatable bonds is 5. The van der Waals surface area contributed by atoms with Crippen LogP contribution in [0.5, 0.6) is 5.75 Å². The Balaban J connectivity index is 1.75. The molecule has 0 amide bonds. The third kappa shape index (κ3) is 3.27. The van der Waals surface area contributed by atoms with Gasteiger partial charge in [-0.2, -0.15) is 0 Å². The van der Waals surface area contributed by atoms with Gasteiger partial charge >= 0.3 is 0 Å². The lowest BCUT2D eigenvalue weighted by Crippen LogP contribution is -2.24. The van der Waals surface area contributed by atoms with Crippen LogP contribution in [-0.4, -0.2) is 22.4 Å². The average Bonchev–Trinajstić information content (AvgIpc) is 3.15. The van der Waals surface area contributed by atoms with Gasteiger partial charge in [0.15, 0.2) is 5.78 Å². The maximum Gasteiger partial charge on any atom is 0.263 e. The topological polar surface area (TPSA) is 61.2 Å². The molecule has 2 aromatic carbocycles. The number of benzene rings is 2. The number of carbonyl (C=O) groups is 1. The van der Waals surface area contributed by atoms with E-state index in [-0.39, 0.29) is 17.9 Å². The van der Waals surface area contributed by atoms with Crippen LogP contribution in [0.25, 0.3) is 21.3 Å². The molecule has 2 aromatic heterocycles. The van der Waals surface area contributed by atoms with Gasteiger partial charge in [0.1, 0.15) is 10.6 Å². The van der Waals surface area contributed by atoms with Crippen LogP contribution < -0.4 is 10.3 Å². The van der Waals surface area contributed by atoms with Crippen LogP contribution in [0, 0.1) is 0 Å². The summed E-state index contributed by atoms with van der Waals surface area (Å²) in [4.78, 5) is 30.5. The molecule has 0 atom stereocenters. The van der Waals surface area contributed by atoms with Crippen molar-refractivity contribution in [3.05, 3.63) is 82.2 Å². The predicted molar refractivity (Wildman–Crippen MR) is 107 cm³/mol. The molecule has 5 nitrogen and oxygen atoms in total. The van der Waals surface area contributed by atoms with Crippen LogP contribution in [0.3, 0.4) is 0 Å². The Hall–Kier alpha value is -3.25. The highest BCUT2D eigenvalue weighted by atomic mass is 32.1. The SMILES string of the molecule is COc1ccc(-c2csc3ncn(CC(=O)c4ccccc4)c(=O)c23)cc1. The molecular formula is C21H16N2O3S. The largest absolute Gasteiger partial charge is 0.497 e. The lowest BCUT2D eigenvalue weighted by molar-refractivity contribution is 0.0970. The molecule has 0 saturated carbocycles. The zero-order valence-electron chi connectivity index (χ0n) is 14.6. The van der Waals surface area contributed by atoms with E-state index in [0.717, 1.165) is 16.9 Å². The number of ketones is 1. The molecule has 0 saturated heterocycles. The molecule has 0 aliphatic rings. The van der Waals surface area contributed by atoms with Crippen LogP contribution in [0.15, 0.2) is 71.1 Å². The van der Waals surface area contributed by atoms with E-state index in [1.54, 1.807) is 31.4 Å². The van der Waals surface area contributed by atoms with Gasteiger partial charge in [-0.05, 0) is 17.7 Å². The molecular weight excluding hydrogens is 360 g/mol. The number of ether oxygens (including phenoxy) is 1. The monoisotopic (exact) mass is 376 g/mol. The van der Waals surface area contributed by atoms with Gasteiger partial charge in [0, 0.05) is 16.5 Å². The van der Waals surface area contributed by atoms with Gasteiger partial charge in [0.05, 0.1) is 25.4 Å². The van der Waals surface area contributed by atoms with Crippen molar-refractivity contribution in [1.29, 1.82) is 0 Å². The van der Waals surface area contributed by atoms with E-state index in [0.29, 0.717) is 15.8 Å². The van der Waals surface area contributed by atoms with Gasteiger partial charge in [-0.3, -0.25) is 14.2 Å². The first-order valence-corrected chi connectivity index (χ1v) is 9.24. The number of thiophene rings is 1. The predicted octanol–water partition coefficient (Wildman–Crippen LogP) is 4.02. The zero-order valence-corrected chi connectivity index (χ0v) is 15.4. The van der Waals surface area contributed by atoms with E-state index in [1.165, 1.54) is 22.2 Å². The Kier molecular flexibility index (Phi) is 4.56. The molecule has 27 heavy (non-hydrogen) atoms. The van der Waals surface area contributed by atoms with Crippen LogP contribution in [0.2, 0.25) is 0 Å². The minimum absolute atomic E-state index is 0.0380. The number of aromatic nitrogens is 2. The molecule has 2 heterocycles. The minimum atomic E-state index is -0.212. The van der Waals surface area contributed by atoms with E-state index in [1.807, 2.05) is 35.7 Å².